The Morgan fingerprint density at radius 2 is 1.95 bits per heavy atom. The molecular weight excluding hydrogens is 270 g/mol. The summed E-state index contributed by atoms with van der Waals surface area (Å²) < 4.78 is 17.0. The molecule has 5 nitrogen and oxygen atoms in total. The molecule has 2 aliphatic heterocycles. The van der Waals surface area contributed by atoms with Gasteiger partial charge in [-0.15, -0.1) is 0 Å². The largest absolute Gasteiger partial charge is 0.467 e. The number of esters is 1. The van der Waals surface area contributed by atoms with E-state index < -0.39 is 22.3 Å². The Kier molecular flexibility index (Phi) is 3.45. The second kappa shape index (κ2) is 4.45. The van der Waals surface area contributed by atoms with Crippen molar-refractivity contribution in [2.24, 2.45) is 16.3 Å². The van der Waals surface area contributed by atoms with Crippen LogP contribution in [0, 0.1) is 11.3 Å². The minimum absolute atomic E-state index is 0.345. The van der Waals surface area contributed by atoms with Crippen molar-refractivity contribution < 1.29 is 19.0 Å². The van der Waals surface area contributed by atoms with E-state index in [4.69, 9.17) is 19.2 Å². The first-order chi connectivity index (χ1) is 9.46. The van der Waals surface area contributed by atoms with Gasteiger partial charge >= 0.3 is 5.97 Å². The molecule has 2 heterocycles. The average molecular weight is 297 g/mol. The lowest BCUT2D eigenvalue weighted by atomic mass is 9.55. The van der Waals surface area contributed by atoms with Crippen LogP contribution in [0.3, 0.4) is 0 Å². The monoisotopic (exact) mass is 297 g/mol. The number of carbonyl (C=O) groups is 1. The summed E-state index contributed by atoms with van der Waals surface area (Å²) in [5.41, 5.74) is -2.35. The third-order valence-corrected chi connectivity index (χ3v) is 4.61. The first kappa shape index (κ1) is 16.3. The minimum Gasteiger partial charge on any atom is -0.467 e. The first-order valence-electron chi connectivity index (χ1n) is 7.50. The van der Waals surface area contributed by atoms with Crippen LogP contribution in [0.15, 0.2) is 4.99 Å². The lowest BCUT2D eigenvalue weighted by Crippen LogP contribution is -2.85. The van der Waals surface area contributed by atoms with Crippen LogP contribution in [0.1, 0.15) is 54.9 Å². The Morgan fingerprint density at radius 3 is 2.33 bits per heavy atom. The van der Waals surface area contributed by atoms with E-state index in [1.54, 1.807) is 6.92 Å². The summed E-state index contributed by atoms with van der Waals surface area (Å²) in [5, 5.41) is 0. The van der Waals surface area contributed by atoms with Gasteiger partial charge in [0.15, 0.2) is 11.4 Å². The van der Waals surface area contributed by atoms with Crippen molar-refractivity contribution in [3.05, 3.63) is 0 Å². The molecule has 2 aliphatic rings. The van der Waals surface area contributed by atoms with Crippen LogP contribution in [-0.2, 0) is 19.0 Å². The van der Waals surface area contributed by atoms with Crippen LogP contribution in [-0.4, -0.2) is 35.9 Å². The highest BCUT2D eigenvalue weighted by Crippen LogP contribution is 2.65. The third-order valence-electron chi connectivity index (χ3n) is 4.61. The van der Waals surface area contributed by atoms with Crippen molar-refractivity contribution in [3.63, 3.8) is 0 Å². The zero-order valence-corrected chi connectivity index (χ0v) is 14.4. The summed E-state index contributed by atoms with van der Waals surface area (Å²) >= 11 is 0. The van der Waals surface area contributed by atoms with Gasteiger partial charge in [0.25, 0.3) is 0 Å². The number of aliphatic imine (C=N–C) groups is 1. The Bertz CT molecular complexity index is 493. The molecule has 0 amide bonds. The quantitative estimate of drug-likeness (QED) is 0.752. The SMILES string of the molecule is COC(=O)C1(C(C)(C)C)OC2(C)OC(C)=NC21CC(C)C. The highest BCUT2D eigenvalue weighted by molar-refractivity contribution is 5.88. The number of nitrogens with zero attached hydrogens (tertiary/aromatic N) is 1. The second-order valence-electron chi connectivity index (χ2n) is 7.66. The maximum absolute atomic E-state index is 12.7. The van der Waals surface area contributed by atoms with Gasteiger partial charge in [0.2, 0.25) is 11.4 Å². The van der Waals surface area contributed by atoms with Crippen LogP contribution in [0.5, 0.6) is 0 Å². The van der Waals surface area contributed by atoms with Gasteiger partial charge in [0.05, 0.1) is 7.11 Å². The van der Waals surface area contributed by atoms with Crippen LogP contribution in [0.25, 0.3) is 0 Å². The average Bonchev–Trinajstić information content (AvgIpc) is 2.48. The standard InChI is InChI=1S/C16H27NO4/c1-10(2)9-15-14(7,20-11(3)17-15)21-16(15,12(18)19-8)13(4,5)6/h10H,9H2,1-8H3. The Morgan fingerprint density at radius 1 is 1.38 bits per heavy atom. The molecule has 120 valence electrons. The predicted octanol–water partition coefficient (Wildman–Crippen LogP) is 2.92. The number of carbonyl (C=O) groups excluding carboxylic acids is 1. The maximum Gasteiger partial charge on any atom is 0.341 e. The molecule has 0 saturated carbocycles. The van der Waals surface area contributed by atoms with E-state index in [-0.39, 0.29) is 5.97 Å². The van der Waals surface area contributed by atoms with Crippen molar-refractivity contribution in [1.29, 1.82) is 0 Å². The lowest BCUT2D eigenvalue weighted by Gasteiger charge is -2.65. The number of rotatable bonds is 3. The number of ether oxygens (including phenoxy) is 3. The normalized spacial score (nSPS) is 38.4. The predicted molar refractivity (Wildman–Crippen MR) is 80.1 cm³/mol. The molecule has 1 fully saturated rings. The molecule has 0 aromatic heterocycles. The molecule has 3 atom stereocenters. The van der Waals surface area contributed by atoms with Gasteiger partial charge in [0, 0.05) is 19.3 Å². The van der Waals surface area contributed by atoms with E-state index in [2.05, 4.69) is 13.8 Å². The number of methoxy groups -OCH3 is 1. The summed E-state index contributed by atoms with van der Waals surface area (Å²) in [5.74, 6) is -0.371. The molecule has 0 N–H and O–H groups in total. The molecule has 5 heteroatoms. The van der Waals surface area contributed by atoms with Gasteiger partial charge in [-0.25, -0.2) is 9.79 Å². The maximum atomic E-state index is 12.7. The van der Waals surface area contributed by atoms with Crippen molar-refractivity contribution in [1.82, 2.24) is 0 Å². The van der Waals surface area contributed by atoms with Gasteiger partial charge in [-0.1, -0.05) is 34.6 Å². The second-order valence-corrected chi connectivity index (χ2v) is 7.66. The summed E-state index contributed by atoms with van der Waals surface area (Å²) in [6.07, 6.45) is 0.702. The van der Waals surface area contributed by atoms with Crippen LogP contribution >= 0.6 is 0 Å². The number of hydrogen-bond acceptors (Lipinski definition) is 5. The van der Waals surface area contributed by atoms with Gasteiger partial charge in [-0.3, -0.25) is 0 Å². The fourth-order valence-electron chi connectivity index (χ4n) is 3.99. The van der Waals surface area contributed by atoms with Crippen LogP contribution < -0.4 is 0 Å². The highest BCUT2D eigenvalue weighted by atomic mass is 16.8. The number of fused-ring (bicyclic) bond motifs is 1. The molecule has 2 rings (SSSR count). The third kappa shape index (κ3) is 1.79. The highest BCUT2D eigenvalue weighted by Gasteiger charge is 2.85. The summed E-state index contributed by atoms with van der Waals surface area (Å²) in [4.78, 5) is 17.4. The van der Waals surface area contributed by atoms with Gasteiger partial charge in [0.1, 0.15) is 0 Å². The zero-order chi connectivity index (χ0) is 16.3. The molecule has 0 spiro atoms. The Labute approximate surface area is 127 Å². The van der Waals surface area contributed by atoms with Gasteiger partial charge in [-0.2, -0.15) is 0 Å². The van der Waals surface area contributed by atoms with Gasteiger partial charge < -0.3 is 14.2 Å². The fourth-order valence-corrected chi connectivity index (χ4v) is 3.99. The van der Waals surface area contributed by atoms with Crippen LogP contribution in [0.4, 0.5) is 0 Å². The Hall–Kier alpha value is -1.10. The Balaban J connectivity index is 2.65. The minimum atomic E-state index is -1.13. The summed E-state index contributed by atoms with van der Waals surface area (Å²) in [7, 11) is 1.39. The van der Waals surface area contributed by atoms with Crippen molar-refractivity contribution in [3.8, 4) is 0 Å². The van der Waals surface area contributed by atoms with E-state index in [1.807, 2.05) is 27.7 Å². The molecule has 21 heavy (non-hydrogen) atoms. The van der Waals surface area contributed by atoms with Crippen molar-refractivity contribution in [2.75, 3.05) is 7.11 Å². The van der Waals surface area contributed by atoms with Crippen molar-refractivity contribution in [2.45, 2.75) is 71.8 Å². The smallest absolute Gasteiger partial charge is 0.341 e. The molecule has 3 unspecified atom stereocenters. The fraction of sp³-hybridized carbons (Fsp3) is 0.875. The molecule has 0 aromatic carbocycles. The van der Waals surface area contributed by atoms with E-state index in [1.165, 1.54) is 7.11 Å². The van der Waals surface area contributed by atoms with Crippen LogP contribution in [0.2, 0.25) is 0 Å². The van der Waals surface area contributed by atoms with E-state index in [9.17, 15) is 4.79 Å². The first-order valence-corrected chi connectivity index (χ1v) is 7.50. The zero-order valence-electron chi connectivity index (χ0n) is 14.4. The molecule has 0 bridgehead atoms. The van der Waals surface area contributed by atoms with E-state index >= 15 is 0 Å². The van der Waals surface area contributed by atoms with Crippen molar-refractivity contribution >= 4 is 11.9 Å². The van der Waals surface area contributed by atoms with E-state index in [0.717, 1.165) is 0 Å². The molecular formula is C16H27NO4. The lowest BCUT2D eigenvalue weighted by molar-refractivity contribution is -0.408. The van der Waals surface area contributed by atoms with E-state index in [0.29, 0.717) is 18.2 Å². The molecule has 0 aromatic rings. The molecule has 0 aliphatic carbocycles. The molecule has 1 saturated heterocycles. The number of hydrogen-bond donors (Lipinski definition) is 0. The summed E-state index contributed by atoms with van der Waals surface area (Å²) in [6, 6.07) is 0. The topological polar surface area (TPSA) is 57.1 Å². The molecule has 0 radical (unpaired) electrons. The summed E-state index contributed by atoms with van der Waals surface area (Å²) in [6.45, 7) is 13.8. The van der Waals surface area contributed by atoms with Gasteiger partial charge in [-0.05, 0) is 12.3 Å².